The largest absolute Gasteiger partial charge is 0.385 e. The van der Waals surface area contributed by atoms with Gasteiger partial charge in [-0.1, -0.05) is 12.5 Å². The zero-order valence-electron chi connectivity index (χ0n) is 17.6. The SMILES string of the molecule is CS/C=C(\C)C(C)(O)C1CCCC2=Cc3c(cnn3-c3ccc(F)cc3)CC21C. The van der Waals surface area contributed by atoms with E-state index >= 15 is 0 Å². The number of thioether (sulfide) groups is 1. The third-order valence-corrected chi connectivity index (χ3v) is 7.63. The molecule has 0 aliphatic heterocycles. The summed E-state index contributed by atoms with van der Waals surface area (Å²) in [7, 11) is 0. The van der Waals surface area contributed by atoms with Crippen LogP contribution in [0.1, 0.15) is 51.3 Å². The summed E-state index contributed by atoms with van der Waals surface area (Å²) in [5, 5.41) is 18.2. The summed E-state index contributed by atoms with van der Waals surface area (Å²) >= 11 is 1.64. The highest BCUT2D eigenvalue weighted by Crippen LogP contribution is 2.55. The maximum Gasteiger partial charge on any atom is 0.123 e. The second-order valence-electron chi connectivity index (χ2n) is 8.84. The molecule has 1 saturated carbocycles. The zero-order valence-corrected chi connectivity index (χ0v) is 18.4. The van der Waals surface area contributed by atoms with Gasteiger partial charge >= 0.3 is 0 Å². The summed E-state index contributed by atoms with van der Waals surface area (Å²) in [6, 6.07) is 6.47. The van der Waals surface area contributed by atoms with E-state index in [4.69, 9.17) is 0 Å². The molecule has 4 rings (SSSR count). The summed E-state index contributed by atoms with van der Waals surface area (Å²) in [5.74, 6) is -0.0903. The van der Waals surface area contributed by atoms with Crippen LogP contribution in [0.2, 0.25) is 0 Å². The molecule has 0 radical (unpaired) electrons. The first kappa shape index (κ1) is 20.4. The number of nitrogens with zero attached hydrogens (tertiary/aromatic N) is 2. The molecule has 1 heterocycles. The van der Waals surface area contributed by atoms with Crippen molar-refractivity contribution < 1.29 is 9.50 Å². The molecule has 1 N–H and O–H groups in total. The van der Waals surface area contributed by atoms with Crippen LogP contribution in [-0.4, -0.2) is 26.7 Å². The maximum absolute atomic E-state index is 13.3. The Kier molecular flexibility index (Phi) is 5.24. The lowest BCUT2D eigenvalue weighted by Gasteiger charge is -2.51. The van der Waals surface area contributed by atoms with Crippen LogP contribution in [0.3, 0.4) is 0 Å². The first-order valence-electron chi connectivity index (χ1n) is 10.2. The van der Waals surface area contributed by atoms with Gasteiger partial charge in [0.1, 0.15) is 5.82 Å². The average Bonchev–Trinajstić information content (AvgIpc) is 3.08. The number of rotatable bonds is 4. The fourth-order valence-corrected chi connectivity index (χ4v) is 5.89. The summed E-state index contributed by atoms with van der Waals surface area (Å²) in [4.78, 5) is 0. The fraction of sp³-hybridized carbons (Fsp3) is 0.458. The van der Waals surface area contributed by atoms with E-state index in [-0.39, 0.29) is 17.2 Å². The van der Waals surface area contributed by atoms with Gasteiger partial charge in [0.05, 0.1) is 23.2 Å². The molecule has 3 nitrogen and oxygen atoms in total. The van der Waals surface area contributed by atoms with Crippen LogP contribution >= 0.6 is 11.8 Å². The molecular formula is C24H29FN2OS. The molecular weight excluding hydrogens is 383 g/mol. The maximum atomic E-state index is 13.3. The highest BCUT2D eigenvalue weighted by Gasteiger charge is 2.50. The Hall–Kier alpha value is -1.85. The standard InChI is InChI=1S/C24H29FN2OS/c1-16(15-29-4)24(3,28)22-7-5-6-18-12-21-17(13-23(18,22)2)14-26-27(21)20-10-8-19(25)9-11-20/h8-12,14-15,22,28H,5-7,13H2,1-4H3/b16-15+. The van der Waals surface area contributed by atoms with Crippen LogP contribution in [0.25, 0.3) is 11.8 Å². The molecule has 1 aromatic carbocycles. The van der Waals surface area contributed by atoms with Gasteiger partial charge < -0.3 is 5.11 Å². The molecule has 2 aromatic rings. The lowest BCUT2D eigenvalue weighted by atomic mass is 9.54. The minimum Gasteiger partial charge on any atom is -0.385 e. The minimum atomic E-state index is -0.846. The van der Waals surface area contributed by atoms with E-state index in [9.17, 15) is 9.50 Å². The fourth-order valence-electron chi connectivity index (χ4n) is 5.30. The summed E-state index contributed by atoms with van der Waals surface area (Å²) in [6.45, 7) is 6.33. The van der Waals surface area contributed by atoms with Gasteiger partial charge in [-0.3, -0.25) is 0 Å². The Morgan fingerprint density at radius 3 is 2.79 bits per heavy atom. The molecule has 2 aliphatic carbocycles. The predicted molar refractivity (Wildman–Crippen MR) is 119 cm³/mol. The molecule has 29 heavy (non-hydrogen) atoms. The molecule has 0 spiro atoms. The second-order valence-corrected chi connectivity index (χ2v) is 9.54. The zero-order chi connectivity index (χ0) is 20.8. The van der Waals surface area contributed by atoms with Crippen LogP contribution in [-0.2, 0) is 6.42 Å². The molecule has 3 unspecified atom stereocenters. The van der Waals surface area contributed by atoms with Crippen molar-refractivity contribution in [3.05, 3.63) is 64.1 Å². The van der Waals surface area contributed by atoms with Gasteiger partial charge in [0.2, 0.25) is 0 Å². The monoisotopic (exact) mass is 412 g/mol. The van der Waals surface area contributed by atoms with E-state index in [1.165, 1.54) is 23.3 Å². The third kappa shape index (κ3) is 3.38. The van der Waals surface area contributed by atoms with Crippen molar-refractivity contribution >= 4 is 17.8 Å². The Morgan fingerprint density at radius 2 is 2.10 bits per heavy atom. The number of hydrogen-bond acceptors (Lipinski definition) is 3. The second kappa shape index (κ2) is 7.44. The first-order chi connectivity index (χ1) is 13.8. The number of aliphatic hydroxyl groups is 1. The third-order valence-electron chi connectivity index (χ3n) is 7.04. The Labute approximate surface area is 176 Å². The van der Waals surface area contributed by atoms with E-state index in [1.54, 1.807) is 23.9 Å². The lowest BCUT2D eigenvalue weighted by Crippen LogP contribution is -2.49. The highest BCUT2D eigenvalue weighted by atomic mass is 32.2. The van der Waals surface area contributed by atoms with Crippen molar-refractivity contribution in [2.45, 2.75) is 52.1 Å². The van der Waals surface area contributed by atoms with Crippen LogP contribution in [0.15, 0.2) is 47.0 Å². The summed E-state index contributed by atoms with van der Waals surface area (Å²) < 4.78 is 15.2. The quantitative estimate of drug-likeness (QED) is 0.692. The highest BCUT2D eigenvalue weighted by molar-refractivity contribution is 8.01. The van der Waals surface area contributed by atoms with Gasteiger partial charge in [-0.05, 0) is 98.1 Å². The van der Waals surface area contributed by atoms with E-state index in [0.29, 0.717) is 0 Å². The van der Waals surface area contributed by atoms with Gasteiger partial charge in [0, 0.05) is 5.92 Å². The predicted octanol–water partition coefficient (Wildman–Crippen LogP) is 5.78. The van der Waals surface area contributed by atoms with Crippen LogP contribution < -0.4 is 0 Å². The van der Waals surface area contributed by atoms with Gasteiger partial charge in [-0.25, -0.2) is 9.07 Å². The van der Waals surface area contributed by atoms with Gasteiger partial charge in [0.15, 0.2) is 0 Å². The molecule has 0 bridgehead atoms. The summed E-state index contributed by atoms with van der Waals surface area (Å²) in [5.41, 5.74) is 4.62. The van der Waals surface area contributed by atoms with Crippen molar-refractivity contribution in [1.29, 1.82) is 0 Å². The van der Waals surface area contributed by atoms with Crippen molar-refractivity contribution in [2.75, 3.05) is 6.26 Å². The molecule has 3 atom stereocenters. The van der Waals surface area contributed by atoms with E-state index in [0.717, 1.165) is 42.6 Å². The van der Waals surface area contributed by atoms with Crippen molar-refractivity contribution in [1.82, 2.24) is 9.78 Å². The molecule has 5 heteroatoms. The number of halogens is 1. The van der Waals surface area contributed by atoms with Crippen LogP contribution in [0, 0.1) is 17.2 Å². The van der Waals surface area contributed by atoms with Crippen molar-refractivity contribution in [2.24, 2.45) is 11.3 Å². The van der Waals surface area contributed by atoms with E-state index in [2.05, 4.69) is 23.5 Å². The first-order valence-corrected chi connectivity index (χ1v) is 11.5. The lowest BCUT2D eigenvalue weighted by molar-refractivity contribution is -0.0323. The van der Waals surface area contributed by atoms with E-state index in [1.807, 2.05) is 31.0 Å². The van der Waals surface area contributed by atoms with Gasteiger partial charge in [-0.2, -0.15) is 5.10 Å². The van der Waals surface area contributed by atoms with Crippen LogP contribution in [0.4, 0.5) is 4.39 Å². The van der Waals surface area contributed by atoms with Crippen molar-refractivity contribution in [3.63, 3.8) is 0 Å². The summed E-state index contributed by atoms with van der Waals surface area (Å²) in [6.07, 6.45) is 10.2. The smallest absolute Gasteiger partial charge is 0.123 e. The van der Waals surface area contributed by atoms with Gasteiger partial charge in [-0.15, -0.1) is 11.8 Å². The average molecular weight is 413 g/mol. The molecule has 0 amide bonds. The molecule has 1 fully saturated rings. The number of allylic oxidation sites excluding steroid dienone is 1. The Morgan fingerprint density at radius 1 is 1.38 bits per heavy atom. The topological polar surface area (TPSA) is 38.1 Å². The normalized spacial score (nSPS) is 26.3. The van der Waals surface area contributed by atoms with Crippen LogP contribution in [0.5, 0.6) is 0 Å². The number of hydrogen-bond donors (Lipinski definition) is 1. The molecule has 0 saturated heterocycles. The number of fused-ring (bicyclic) bond motifs is 2. The van der Waals surface area contributed by atoms with Crippen molar-refractivity contribution in [3.8, 4) is 5.69 Å². The molecule has 2 aliphatic rings. The molecule has 154 valence electrons. The van der Waals surface area contributed by atoms with E-state index < -0.39 is 5.60 Å². The minimum absolute atomic E-state index is 0.0983. The Balaban J connectivity index is 1.75. The Bertz CT molecular complexity index is 973. The number of aromatic nitrogens is 2. The van der Waals surface area contributed by atoms with Gasteiger partial charge in [0.25, 0.3) is 0 Å². The number of benzene rings is 1. The molecule has 1 aromatic heterocycles.